The van der Waals surface area contributed by atoms with Crippen LogP contribution in [0.25, 0.3) is 0 Å². The molecule has 1 aliphatic rings. The number of amides is 2. The highest BCUT2D eigenvalue weighted by atomic mass is 79.9. The van der Waals surface area contributed by atoms with Crippen LogP contribution >= 0.6 is 15.9 Å². The Labute approximate surface area is 123 Å². The number of likely N-dealkylation sites (tertiary alicyclic amines) is 1. The van der Waals surface area contributed by atoms with Crippen LogP contribution < -0.4 is 5.32 Å². The van der Waals surface area contributed by atoms with Crippen LogP contribution in [0.15, 0.2) is 22.7 Å². The number of nitrogens with zero attached hydrogens (tertiary/aromatic N) is 1. The fourth-order valence-electron chi connectivity index (χ4n) is 2.24. The number of carboxylic acid groups (broad SMARTS) is 1. The number of carbonyl (C=O) groups excluding carboxylic acids is 1. The lowest BCUT2D eigenvalue weighted by molar-refractivity contribution is -0.142. The third kappa shape index (κ3) is 3.09. The fourth-order valence-corrected chi connectivity index (χ4v) is 2.69. The number of aliphatic carboxylic acids is 1. The number of anilines is 1. The predicted octanol–water partition coefficient (Wildman–Crippen LogP) is 2.77. The van der Waals surface area contributed by atoms with E-state index in [9.17, 15) is 14.0 Å². The fraction of sp³-hybridized carbons (Fsp3) is 0.385. The highest BCUT2D eigenvalue weighted by Gasteiger charge is 2.37. The topological polar surface area (TPSA) is 69.6 Å². The number of rotatable bonds is 2. The molecule has 2 rings (SSSR count). The van der Waals surface area contributed by atoms with Crippen LogP contribution in [0.1, 0.15) is 6.92 Å². The van der Waals surface area contributed by atoms with Crippen molar-refractivity contribution < 1.29 is 19.1 Å². The van der Waals surface area contributed by atoms with Crippen LogP contribution in [0.5, 0.6) is 0 Å². The van der Waals surface area contributed by atoms with E-state index in [1.165, 1.54) is 23.1 Å². The molecule has 5 nitrogen and oxygen atoms in total. The van der Waals surface area contributed by atoms with Crippen molar-refractivity contribution in [2.45, 2.75) is 6.92 Å². The lowest BCUT2D eigenvalue weighted by Crippen LogP contribution is -2.33. The largest absolute Gasteiger partial charge is 0.481 e. The monoisotopic (exact) mass is 344 g/mol. The van der Waals surface area contributed by atoms with Gasteiger partial charge in [-0.2, -0.15) is 0 Å². The third-order valence-corrected chi connectivity index (χ3v) is 4.05. The zero-order chi connectivity index (χ0) is 14.9. The molecule has 1 fully saturated rings. The number of carboxylic acids is 1. The second-order valence-electron chi connectivity index (χ2n) is 4.88. The molecule has 2 N–H and O–H groups in total. The molecule has 1 aliphatic heterocycles. The summed E-state index contributed by atoms with van der Waals surface area (Å²) in [7, 11) is 0. The van der Waals surface area contributed by atoms with Gasteiger partial charge in [0, 0.05) is 17.6 Å². The van der Waals surface area contributed by atoms with E-state index >= 15 is 0 Å². The van der Waals surface area contributed by atoms with Crippen LogP contribution in [-0.2, 0) is 4.79 Å². The molecular formula is C13H14BrFN2O3. The Kier molecular flexibility index (Phi) is 4.27. The van der Waals surface area contributed by atoms with Crippen molar-refractivity contribution in [1.29, 1.82) is 0 Å². The average molecular weight is 345 g/mol. The van der Waals surface area contributed by atoms with Gasteiger partial charge >= 0.3 is 12.0 Å². The first-order chi connectivity index (χ1) is 9.38. The summed E-state index contributed by atoms with van der Waals surface area (Å²) in [5.41, 5.74) is 0.447. The summed E-state index contributed by atoms with van der Waals surface area (Å²) in [6.07, 6.45) is 0. The van der Waals surface area contributed by atoms with Crippen molar-refractivity contribution in [2.24, 2.45) is 11.8 Å². The van der Waals surface area contributed by atoms with Gasteiger partial charge in [0.25, 0.3) is 0 Å². The second-order valence-corrected chi connectivity index (χ2v) is 5.74. The molecule has 0 aromatic heterocycles. The van der Waals surface area contributed by atoms with E-state index in [2.05, 4.69) is 21.2 Å². The first-order valence-corrected chi connectivity index (χ1v) is 6.91. The van der Waals surface area contributed by atoms with Gasteiger partial charge in [0.05, 0.1) is 11.6 Å². The molecule has 0 bridgehead atoms. The molecule has 1 heterocycles. The molecule has 2 unspecified atom stereocenters. The molecule has 20 heavy (non-hydrogen) atoms. The summed E-state index contributed by atoms with van der Waals surface area (Å²) in [6, 6.07) is 3.56. The van der Waals surface area contributed by atoms with Crippen molar-refractivity contribution in [3.05, 3.63) is 28.5 Å². The molecule has 0 aliphatic carbocycles. The van der Waals surface area contributed by atoms with Crippen LogP contribution in [0.2, 0.25) is 0 Å². The molecule has 2 atom stereocenters. The van der Waals surface area contributed by atoms with E-state index in [1.54, 1.807) is 6.92 Å². The Morgan fingerprint density at radius 2 is 2.15 bits per heavy atom. The molecule has 0 spiro atoms. The smallest absolute Gasteiger partial charge is 0.321 e. The Balaban J connectivity index is 2.04. The van der Waals surface area contributed by atoms with E-state index in [-0.39, 0.29) is 18.5 Å². The maximum Gasteiger partial charge on any atom is 0.321 e. The van der Waals surface area contributed by atoms with Gasteiger partial charge in [-0.25, -0.2) is 9.18 Å². The molecule has 0 radical (unpaired) electrons. The van der Waals surface area contributed by atoms with Gasteiger partial charge in [-0.3, -0.25) is 4.79 Å². The first kappa shape index (κ1) is 14.8. The quantitative estimate of drug-likeness (QED) is 0.866. The van der Waals surface area contributed by atoms with Crippen LogP contribution in [0.3, 0.4) is 0 Å². The number of halogens is 2. The SMILES string of the molecule is CC1CN(C(=O)Nc2ccc(F)cc2Br)CC1C(=O)O. The van der Waals surface area contributed by atoms with Gasteiger partial charge in [0.15, 0.2) is 0 Å². The minimum Gasteiger partial charge on any atom is -0.481 e. The molecular weight excluding hydrogens is 331 g/mol. The highest BCUT2D eigenvalue weighted by Crippen LogP contribution is 2.26. The van der Waals surface area contributed by atoms with Gasteiger partial charge in [-0.15, -0.1) is 0 Å². The highest BCUT2D eigenvalue weighted by molar-refractivity contribution is 9.10. The van der Waals surface area contributed by atoms with Crippen molar-refractivity contribution >= 4 is 33.6 Å². The average Bonchev–Trinajstić information content (AvgIpc) is 2.75. The Morgan fingerprint density at radius 1 is 1.45 bits per heavy atom. The molecule has 108 valence electrons. The standard InChI is InChI=1S/C13H14BrFN2O3/c1-7-5-17(6-9(7)12(18)19)13(20)16-11-3-2-8(15)4-10(11)14/h2-4,7,9H,5-6H2,1H3,(H,16,20)(H,18,19). The summed E-state index contributed by atoms with van der Waals surface area (Å²) in [5.74, 6) is -1.93. The summed E-state index contributed by atoms with van der Waals surface area (Å²) in [6.45, 7) is 2.38. The van der Waals surface area contributed by atoms with Gasteiger partial charge < -0.3 is 15.3 Å². The van der Waals surface area contributed by atoms with Gasteiger partial charge in [-0.05, 0) is 40.0 Å². The Morgan fingerprint density at radius 3 is 2.70 bits per heavy atom. The number of carbonyl (C=O) groups is 2. The predicted molar refractivity (Wildman–Crippen MR) is 75.0 cm³/mol. The molecule has 2 amide bonds. The first-order valence-electron chi connectivity index (χ1n) is 6.12. The molecule has 1 aromatic carbocycles. The number of nitrogens with one attached hydrogen (secondary N) is 1. The minimum absolute atomic E-state index is 0.0880. The molecule has 0 saturated carbocycles. The van der Waals surface area contributed by atoms with E-state index in [4.69, 9.17) is 5.11 Å². The number of hydrogen-bond acceptors (Lipinski definition) is 2. The molecule has 1 aromatic rings. The van der Waals surface area contributed by atoms with Gasteiger partial charge in [0.1, 0.15) is 5.82 Å². The number of benzene rings is 1. The van der Waals surface area contributed by atoms with E-state index < -0.39 is 17.7 Å². The second kappa shape index (κ2) is 5.78. The summed E-state index contributed by atoms with van der Waals surface area (Å²) in [4.78, 5) is 24.6. The van der Waals surface area contributed by atoms with Crippen LogP contribution in [0, 0.1) is 17.7 Å². The van der Waals surface area contributed by atoms with Crippen molar-refractivity contribution in [1.82, 2.24) is 4.90 Å². The van der Waals surface area contributed by atoms with E-state index in [0.717, 1.165) is 0 Å². The van der Waals surface area contributed by atoms with Crippen LogP contribution in [-0.4, -0.2) is 35.1 Å². The Hall–Kier alpha value is -1.63. The summed E-state index contributed by atoms with van der Waals surface area (Å²) in [5, 5.41) is 11.7. The normalized spacial score (nSPS) is 21.9. The zero-order valence-corrected chi connectivity index (χ0v) is 12.4. The number of urea groups is 1. The third-order valence-electron chi connectivity index (χ3n) is 3.39. The van der Waals surface area contributed by atoms with Gasteiger partial charge in [-0.1, -0.05) is 6.92 Å². The van der Waals surface area contributed by atoms with Crippen molar-refractivity contribution in [3.8, 4) is 0 Å². The van der Waals surface area contributed by atoms with Gasteiger partial charge in [0.2, 0.25) is 0 Å². The lowest BCUT2D eigenvalue weighted by atomic mass is 9.99. The maximum absolute atomic E-state index is 13.0. The van der Waals surface area contributed by atoms with Crippen molar-refractivity contribution in [2.75, 3.05) is 18.4 Å². The number of hydrogen-bond donors (Lipinski definition) is 2. The van der Waals surface area contributed by atoms with Crippen LogP contribution in [0.4, 0.5) is 14.9 Å². The molecule has 7 heteroatoms. The summed E-state index contributed by atoms with van der Waals surface area (Å²) >= 11 is 3.16. The van der Waals surface area contributed by atoms with E-state index in [0.29, 0.717) is 16.7 Å². The maximum atomic E-state index is 13.0. The zero-order valence-electron chi connectivity index (χ0n) is 10.8. The minimum atomic E-state index is -0.893. The van der Waals surface area contributed by atoms with E-state index in [1.807, 2.05) is 0 Å². The van der Waals surface area contributed by atoms with Crippen molar-refractivity contribution in [3.63, 3.8) is 0 Å². The lowest BCUT2D eigenvalue weighted by Gasteiger charge is -2.17. The Bertz CT molecular complexity index is 552. The summed E-state index contributed by atoms with van der Waals surface area (Å²) < 4.78 is 13.4. The molecule has 1 saturated heterocycles.